The lowest BCUT2D eigenvalue weighted by atomic mass is 10.0. The van der Waals surface area contributed by atoms with Crippen molar-refractivity contribution in [3.63, 3.8) is 0 Å². The fourth-order valence-electron chi connectivity index (χ4n) is 2.01. The van der Waals surface area contributed by atoms with Gasteiger partial charge in [-0.25, -0.2) is 0 Å². The molecule has 0 radical (unpaired) electrons. The molecule has 102 valence electrons. The molecule has 1 unspecified atom stereocenters. The number of nitrogens with one attached hydrogen (secondary N) is 1. The van der Waals surface area contributed by atoms with Gasteiger partial charge in [0.25, 0.3) is 0 Å². The topological polar surface area (TPSA) is 58.3 Å². The summed E-state index contributed by atoms with van der Waals surface area (Å²) in [5.41, 5.74) is 1.75. The fraction of sp³-hybridized carbons (Fsp3) is 0.357. The van der Waals surface area contributed by atoms with E-state index in [4.69, 9.17) is 4.52 Å². The zero-order valence-electron chi connectivity index (χ0n) is 11.0. The minimum atomic E-state index is 0.0782. The standard InChI is InChI=1S/C14H17BrN2O2/c1-3-13(12-7-10(15)4-5-14(12)18)16-8-11-6-9(2)19-17-11/h4-7,13,16,18H,3,8H2,1-2H3. The second kappa shape index (κ2) is 6.21. The van der Waals surface area contributed by atoms with Crippen LogP contribution in [0, 0.1) is 6.92 Å². The van der Waals surface area contributed by atoms with Gasteiger partial charge in [-0.15, -0.1) is 0 Å². The molecule has 1 heterocycles. The molecule has 2 rings (SSSR count). The molecule has 2 N–H and O–H groups in total. The molecule has 0 aliphatic carbocycles. The summed E-state index contributed by atoms with van der Waals surface area (Å²) in [6.45, 7) is 4.56. The summed E-state index contributed by atoms with van der Waals surface area (Å²) >= 11 is 3.43. The van der Waals surface area contributed by atoms with Crippen LogP contribution in [0.15, 0.2) is 33.3 Å². The summed E-state index contributed by atoms with van der Waals surface area (Å²) in [6.07, 6.45) is 0.876. The van der Waals surface area contributed by atoms with Gasteiger partial charge in [-0.3, -0.25) is 0 Å². The molecular formula is C14H17BrN2O2. The van der Waals surface area contributed by atoms with Gasteiger partial charge in [-0.2, -0.15) is 0 Å². The summed E-state index contributed by atoms with van der Waals surface area (Å²) in [5.74, 6) is 1.11. The summed E-state index contributed by atoms with van der Waals surface area (Å²) < 4.78 is 5.99. The number of hydrogen-bond donors (Lipinski definition) is 2. The Morgan fingerprint density at radius 1 is 1.42 bits per heavy atom. The molecule has 0 fully saturated rings. The van der Waals surface area contributed by atoms with E-state index in [1.165, 1.54) is 0 Å². The van der Waals surface area contributed by atoms with Gasteiger partial charge in [0.1, 0.15) is 11.5 Å². The smallest absolute Gasteiger partial charge is 0.133 e. The number of hydrogen-bond acceptors (Lipinski definition) is 4. The van der Waals surface area contributed by atoms with Crippen LogP contribution in [0.1, 0.15) is 36.4 Å². The molecule has 0 amide bonds. The van der Waals surface area contributed by atoms with E-state index in [0.29, 0.717) is 12.3 Å². The average Bonchev–Trinajstić information content (AvgIpc) is 2.80. The summed E-state index contributed by atoms with van der Waals surface area (Å²) in [6, 6.07) is 7.44. The van der Waals surface area contributed by atoms with Crippen molar-refractivity contribution < 1.29 is 9.63 Å². The van der Waals surface area contributed by atoms with E-state index in [1.54, 1.807) is 6.07 Å². The molecule has 0 aliphatic heterocycles. The minimum absolute atomic E-state index is 0.0782. The van der Waals surface area contributed by atoms with Crippen molar-refractivity contribution in [2.75, 3.05) is 0 Å². The first-order valence-corrected chi connectivity index (χ1v) is 7.03. The Labute approximate surface area is 120 Å². The van der Waals surface area contributed by atoms with Crippen LogP contribution in [-0.4, -0.2) is 10.3 Å². The van der Waals surface area contributed by atoms with Gasteiger partial charge in [-0.1, -0.05) is 28.0 Å². The number of halogens is 1. The van der Waals surface area contributed by atoms with Gasteiger partial charge in [0.15, 0.2) is 0 Å². The second-order valence-corrected chi connectivity index (χ2v) is 5.39. The molecule has 0 saturated carbocycles. The Morgan fingerprint density at radius 2 is 2.21 bits per heavy atom. The van der Waals surface area contributed by atoms with Crippen LogP contribution in [-0.2, 0) is 6.54 Å². The number of phenolic OH excluding ortho intramolecular Hbond substituents is 1. The number of benzene rings is 1. The molecule has 5 heteroatoms. The lowest BCUT2D eigenvalue weighted by Crippen LogP contribution is -2.20. The second-order valence-electron chi connectivity index (χ2n) is 4.47. The van der Waals surface area contributed by atoms with Crippen molar-refractivity contribution in [1.29, 1.82) is 0 Å². The van der Waals surface area contributed by atoms with E-state index < -0.39 is 0 Å². The predicted octanol–water partition coefficient (Wildman–Crippen LogP) is 3.69. The first-order valence-electron chi connectivity index (χ1n) is 6.24. The Morgan fingerprint density at radius 3 is 2.84 bits per heavy atom. The lowest BCUT2D eigenvalue weighted by Gasteiger charge is -2.18. The van der Waals surface area contributed by atoms with Crippen LogP contribution in [0.5, 0.6) is 5.75 Å². The maximum atomic E-state index is 9.94. The molecule has 0 aliphatic rings. The van der Waals surface area contributed by atoms with Gasteiger partial charge in [0, 0.05) is 28.7 Å². The highest BCUT2D eigenvalue weighted by Gasteiger charge is 2.14. The largest absolute Gasteiger partial charge is 0.508 e. The Hall–Kier alpha value is -1.33. The molecular weight excluding hydrogens is 308 g/mol. The zero-order valence-corrected chi connectivity index (χ0v) is 12.6. The number of phenols is 1. The number of aromatic nitrogens is 1. The maximum Gasteiger partial charge on any atom is 0.133 e. The third-order valence-corrected chi connectivity index (χ3v) is 3.47. The number of nitrogens with zero attached hydrogens (tertiary/aromatic N) is 1. The monoisotopic (exact) mass is 324 g/mol. The number of rotatable bonds is 5. The maximum absolute atomic E-state index is 9.94. The summed E-state index contributed by atoms with van der Waals surface area (Å²) in [7, 11) is 0. The van der Waals surface area contributed by atoms with E-state index >= 15 is 0 Å². The van der Waals surface area contributed by atoms with Crippen LogP contribution in [0.3, 0.4) is 0 Å². The van der Waals surface area contributed by atoms with Crippen LogP contribution >= 0.6 is 15.9 Å². The first-order chi connectivity index (χ1) is 9.10. The fourth-order valence-corrected chi connectivity index (χ4v) is 2.39. The van der Waals surface area contributed by atoms with E-state index in [2.05, 4.69) is 33.3 Å². The van der Waals surface area contributed by atoms with Crippen molar-refractivity contribution in [3.05, 3.63) is 45.8 Å². The minimum Gasteiger partial charge on any atom is -0.508 e. The van der Waals surface area contributed by atoms with Gasteiger partial charge in [0.05, 0.1) is 5.69 Å². The van der Waals surface area contributed by atoms with Crippen molar-refractivity contribution in [1.82, 2.24) is 10.5 Å². The third-order valence-electron chi connectivity index (χ3n) is 2.98. The highest BCUT2D eigenvalue weighted by molar-refractivity contribution is 9.10. The van der Waals surface area contributed by atoms with Crippen molar-refractivity contribution in [3.8, 4) is 5.75 Å². The van der Waals surface area contributed by atoms with Gasteiger partial charge in [0.2, 0.25) is 0 Å². The van der Waals surface area contributed by atoms with Crippen molar-refractivity contribution in [2.45, 2.75) is 32.9 Å². The van der Waals surface area contributed by atoms with Crippen LogP contribution in [0.4, 0.5) is 0 Å². The van der Waals surface area contributed by atoms with Gasteiger partial charge in [-0.05, 0) is 31.5 Å². The number of aromatic hydroxyl groups is 1. The highest BCUT2D eigenvalue weighted by Crippen LogP contribution is 2.29. The zero-order chi connectivity index (χ0) is 13.8. The molecule has 1 aromatic carbocycles. The quantitative estimate of drug-likeness (QED) is 0.880. The molecule has 1 aromatic heterocycles. The molecule has 2 aromatic rings. The molecule has 4 nitrogen and oxygen atoms in total. The summed E-state index contributed by atoms with van der Waals surface area (Å²) in [4.78, 5) is 0. The molecule has 0 spiro atoms. The van der Waals surface area contributed by atoms with E-state index in [-0.39, 0.29) is 6.04 Å². The first kappa shape index (κ1) is 14.1. The SMILES string of the molecule is CCC(NCc1cc(C)on1)c1cc(Br)ccc1O. The number of aryl methyl sites for hydroxylation is 1. The molecule has 19 heavy (non-hydrogen) atoms. The van der Waals surface area contributed by atoms with Crippen LogP contribution in [0.2, 0.25) is 0 Å². The highest BCUT2D eigenvalue weighted by atomic mass is 79.9. The summed E-state index contributed by atoms with van der Waals surface area (Å²) in [5, 5.41) is 17.3. The lowest BCUT2D eigenvalue weighted by molar-refractivity contribution is 0.383. The Bertz CT molecular complexity index is 554. The predicted molar refractivity (Wildman–Crippen MR) is 76.9 cm³/mol. The molecule has 0 saturated heterocycles. The van der Waals surface area contributed by atoms with E-state index in [9.17, 15) is 5.11 Å². The molecule has 1 atom stereocenters. The Kier molecular flexibility index (Phi) is 4.61. The normalized spacial score (nSPS) is 12.6. The Balaban J connectivity index is 2.09. The molecule has 0 bridgehead atoms. The average molecular weight is 325 g/mol. The third kappa shape index (κ3) is 3.58. The van der Waals surface area contributed by atoms with Crippen LogP contribution in [0.25, 0.3) is 0 Å². The van der Waals surface area contributed by atoms with Gasteiger partial charge >= 0.3 is 0 Å². The van der Waals surface area contributed by atoms with Crippen LogP contribution < -0.4 is 5.32 Å². The van der Waals surface area contributed by atoms with Gasteiger partial charge < -0.3 is 14.9 Å². The van der Waals surface area contributed by atoms with Crippen molar-refractivity contribution in [2.24, 2.45) is 0 Å². The van der Waals surface area contributed by atoms with E-state index in [1.807, 2.05) is 25.1 Å². The van der Waals surface area contributed by atoms with Crippen molar-refractivity contribution >= 4 is 15.9 Å². The van der Waals surface area contributed by atoms with E-state index in [0.717, 1.165) is 27.9 Å².